The van der Waals surface area contributed by atoms with Crippen molar-refractivity contribution >= 4 is 11.7 Å². The second-order valence-electron chi connectivity index (χ2n) is 8.12. The lowest BCUT2D eigenvalue weighted by Crippen LogP contribution is -2.43. The summed E-state index contributed by atoms with van der Waals surface area (Å²) in [7, 11) is 0. The smallest absolute Gasteiger partial charge is 0.410 e. The van der Waals surface area contributed by atoms with Gasteiger partial charge in [0.15, 0.2) is 0 Å². The van der Waals surface area contributed by atoms with Crippen molar-refractivity contribution in [1.29, 1.82) is 0 Å². The first-order valence-electron chi connectivity index (χ1n) is 9.26. The maximum absolute atomic E-state index is 13.3. The van der Waals surface area contributed by atoms with Crippen LogP contribution in [0.5, 0.6) is 0 Å². The third kappa shape index (κ3) is 3.88. The monoisotopic (exact) mass is 345 g/mol. The molecule has 3 rings (SSSR count). The van der Waals surface area contributed by atoms with Gasteiger partial charge in [-0.15, -0.1) is 0 Å². The van der Waals surface area contributed by atoms with Crippen LogP contribution in [0.15, 0.2) is 29.8 Å². The molecule has 1 saturated heterocycles. The summed E-state index contributed by atoms with van der Waals surface area (Å²) in [6.07, 6.45) is 4.51. The minimum atomic E-state index is -0.483. The maximum atomic E-state index is 13.3. The number of hydrogen-bond acceptors (Lipinski definition) is 2. The first-order chi connectivity index (χ1) is 11.8. The first kappa shape index (κ1) is 18.0. The van der Waals surface area contributed by atoms with Crippen molar-refractivity contribution in [2.24, 2.45) is 0 Å². The van der Waals surface area contributed by atoms with Gasteiger partial charge in [-0.2, -0.15) is 0 Å². The summed E-state index contributed by atoms with van der Waals surface area (Å²) in [5.74, 6) is -0.215. The number of halogens is 1. The lowest BCUT2D eigenvalue weighted by atomic mass is 9.88. The van der Waals surface area contributed by atoms with Gasteiger partial charge in [0.2, 0.25) is 0 Å². The van der Waals surface area contributed by atoms with Crippen LogP contribution in [0, 0.1) is 5.82 Å². The Morgan fingerprint density at radius 2 is 1.76 bits per heavy atom. The van der Waals surface area contributed by atoms with E-state index in [9.17, 15) is 9.18 Å². The van der Waals surface area contributed by atoms with Gasteiger partial charge in [0.05, 0.1) is 0 Å². The Labute approximate surface area is 149 Å². The molecule has 25 heavy (non-hydrogen) atoms. The van der Waals surface area contributed by atoms with Crippen molar-refractivity contribution in [3.63, 3.8) is 0 Å². The zero-order chi connectivity index (χ0) is 18.2. The highest BCUT2D eigenvalue weighted by Gasteiger charge is 2.42. The quantitative estimate of drug-likeness (QED) is 0.703. The number of nitrogens with zero attached hydrogens (tertiary/aromatic N) is 1. The van der Waals surface area contributed by atoms with Crippen molar-refractivity contribution in [3.8, 4) is 0 Å². The maximum Gasteiger partial charge on any atom is 0.410 e. The van der Waals surface area contributed by atoms with Gasteiger partial charge in [-0.1, -0.05) is 24.6 Å². The van der Waals surface area contributed by atoms with Crippen LogP contribution in [0.4, 0.5) is 9.18 Å². The zero-order valence-corrected chi connectivity index (χ0v) is 15.6. The molecule has 0 saturated carbocycles. The van der Waals surface area contributed by atoms with Crippen LogP contribution in [0.3, 0.4) is 0 Å². The molecular formula is C21H28FNO2. The largest absolute Gasteiger partial charge is 0.444 e. The summed E-state index contributed by atoms with van der Waals surface area (Å²) in [6.45, 7) is 7.88. The molecule has 0 aliphatic carbocycles. The number of carbonyl (C=O) groups is 1. The Morgan fingerprint density at radius 1 is 1.16 bits per heavy atom. The van der Waals surface area contributed by atoms with Gasteiger partial charge in [0.1, 0.15) is 11.4 Å². The van der Waals surface area contributed by atoms with Crippen LogP contribution in [-0.4, -0.2) is 28.7 Å². The van der Waals surface area contributed by atoms with Crippen molar-refractivity contribution in [3.05, 3.63) is 41.2 Å². The van der Waals surface area contributed by atoms with E-state index in [1.807, 2.05) is 37.8 Å². The molecular weight excluding hydrogens is 317 g/mol. The van der Waals surface area contributed by atoms with Crippen molar-refractivity contribution in [2.45, 2.75) is 77.5 Å². The van der Waals surface area contributed by atoms with Crippen molar-refractivity contribution in [1.82, 2.24) is 4.90 Å². The van der Waals surface area contributed by atoms with E-state index < -0.39 is 5.60 Å². The molecule has 3 nitrogen and oxygen atoms in total. The Bertz CT molecular complexity index is 672. The summed E-state index contributed by atoms with van der Waals surface area (Å²) in [5.41, 5.74) is 3.26. The molecule has 1 fully saturated rings. The molecule has 2 aliphatic rings. The van der Waals surface area contributed by atoms with Crippen molar-refractivity contribution in [2.75, 3.05) is 0 Å². The number of carbonyl (C=O) groups excluding carboxylic acids is 1. The van der Waals surface area contributed by atoms with E-state index >= 15 is 0 Å². The molecule has 2 atom stereocenters. The molecule has 0 aromatic heterocycles. The first-order valence-corrected chi connectivity index (χ1v) is 9.26. The van der Waals surface area contributed by atoms with Gasteiger partial charge in [-0.3, -0.25) is 0 Å². The summed E-state index contributed by atoms with van der Waals surface area (Å²) < 4.78 is 19.0. The van der Waals surface area contributed by atoms with E-state index in [4.69, 9.17) is 4.74 Å². The number of amides is 1. The average Bonchev–Trinajstić information content (AvgIpc) is 2.83. The van der Waals surface area contributed by atoms with Crippen LogP contribution < -0.4 is 0 Å². The van der Waals surface area contributed by atoms with Gasteiger partial charge >= 0.3 is 6.09 Å². The molecule has 0 spiro atoms. The normalized spacial score (nSPS) is 23.6. The molecule has 2 aliphatic heterocycles. The highest BCUT2D eigenvalue weighted by Crippen LogP contribution is 2.42. The van der Waals surface area contributed by atoms with Gasteiger partial charge in [0.25, 0.3) is 0 Å². The van der Waals surface area contributed by atoms with Crippen molar-refractivity contribution < 1.29 is 13.9 Å². The van der Waals surface area contributed by atoms with E-state index in [2.05, 4.69) is 6.92 Å². The Hall–Kier alpha value is -1.84. The number of rotatable bonds is 2. The fourth-order valence-corrected chi connectivity index (χ4v) is 4.09. The van der Waals surface area contributed by atoms with E-state index in [0.717, 1.165) is 37.7 Å². The lowest BCUT2D eigenvalue weighted by molar-refractivity contribution is 0.0156. The molecule has 2 unspecified atom stereocenters. The average molecular weight is 345 g/mol. The minimum absolute atomic E-state index is 0.170. The third-order valence-electron chi connectivity index (χ3n) is 5.19. The van der Waals surface area contributed by atoms with Crippen LogP contribution in [-0.2, 0) is 4.74 Å². The van der Waals surface area contributed by atoms with E-state index in [-0.39, 0.29) is 24.0 Å². The summed E-state index contributed by atoms with van der Waals surface area (Å²) in [5, 5.41) is 0. The SMILES string of the molecule is CCC1=C(c2ccc(F)cc2)CC2CCC(C1)N2C(=O)OC(C)(C)C. The summed E-state index contributed by atoms with van der Waals surface area (Å²) in [4.78, 5) is 14.7. The number of ether oxygens (including phenoxy) is 1. The van der Waals surface area contributed by atoms with Gasteiger partial charge in [-0.25, -0.2) is 9.18 Å². The molecule has 2 heterocycles. The second-order valence-corrected chi connectivity index (χ2v) is 8.12. The number of benzene rings is 1. The van der Waals surface area contributed by atoms with E-state index in [0.29, 0.717) is 0 Å². The zero-order valence-electron chi connectivity index (χ0n) is 15.6. The Morgan fingerprint density at radius 3 is 2.32 bits per heavy atom. The molecule has 1 amide bonds. The topological polar surface area (TPSA) is 29.5 Å². The Balaban J connectivity index is 1.89. The minimum Gasteiger partial charge on any atom is -0.444 e. The van der Waals surface area contributed by atoms with Gasteiger partial charge in [0, 0.05) is 12.1 Å². The summed E-state index contributed by atoms with van der Waals surface area (Å²) in [6, 6.07) is 7.14. The predicted molar refractivity (Wildman–Crippen MR) is 97.7 cm³/mol. The van der Waals surface area contributed by atoms with Crippen LogP contribution in [0.25, 0.3) is 5.57 Å². The molecule has 1 aromatic carbocycles. The van der Waals surface area contributed by atoms with Gasteiger partial charge < -0.3 is 9.64 Å². The molecule has 0 N–H and O–H groups in total. The second kappa shape index (κ2) is 6.81. The van der Waals surface area contributed by atoms with Gasteiger partial charge in [-0.05, 0) is 76.1 Å². The fraction of sp³-hybridized carbons (Fsp3) is 0.571. The number of fused-ring (bicyclic) bond motifs is 2. The van der Waals surface area contributed by atoms with E-state index in [1.165, 1.54) is 23.3 Å². The highest BCUT2D eigenvalue weighted by molar-refractivity contribution is 5.74. The van der Waals surface area contributed by atoms with Crippen LogP contribution in [0.2, 0.25) is 0 Å². The Kier molecular flexibility index (Phi) is 4.90. The van der Waals surface area contributed by atoms with Crippen LogP contribution in [0.1, 0.15) is 65.4 Å². The highest BCUT2D eigenvalue weighted by atomic mass is 19.1. The molecule has 4 heteroatoms. The van der Waals surface area contributed by atoms with Crippen LogP contribution >= 0.6 is 0 Å². The standard InChI is InChI=1S/C21H28FNO2/c1-5-14-12-17-10-11-18(23(17)20(24)25-21(2,3)4)13-19(14)15-6-8-16(22)9-7-15/h6-9,17-18H,5,10-13H2,1-4H3. The lowest BCUT2D eigenvalue weighted by Gasteiger charge is -2.31. The molecule has 0 radical (unpaired) electrons. The molecule has 2 bridgehead atoms. The predicted octanol–water partition coefficient (Wildman–Crippen LogP) is 5.55. The number of hydrogen-bond donors (Lipinski definition) is 0. The molecule has 136 valence electrons. The fourth-order valence-electron chi connectivity index (χ4n) is 4.09. The van der Waals surface area contributed by atoms with E-state index in [1.54, 1.807) is 0 Å². The molecule has 1 aromatic rings. The third-order valence-corrected chi connectivity index (χ3v) is 5.19. The summed E-state index contributed by atoms with van der Waals surface area (Å²) >= 11 is 0.